The van der Waals surface area contributed by atoms with Crippen LogP contribution in [-0.4, -0.2) is 21.4 Å². The Bertz CT molecular complexity index is 871. The Balaban J connectivity index is 2.22. The molecule has 0 unspecified atom stereocenters. The zero-order valence-electron chi connectivity index (χ0n) is 14.8. The summed E-state index contributed by atoms with van der Waals surface area (Å²) < 4.78 is 27.6. The van der Waals surface area contributed by atoms with Crippen LogP contribution in [0.15, 0.2) is 53.4 Å². The molecule has 6 nitrogen and oxygen atoms in total. The predicted octanol–water partition coefficient (Wildman–Crippen LogP) is 3.51. The van der Waals surface area contributed by atoms with Gasteiger partial charge in [0.2, 0.25) is 5.91 Å². The summed E-state index contributed by atoms with van der Waals surface area (Å²) in [5, 5.41) is 5.69. The molecule has 0 aliphatic carbocycles. The van der Waals surface area contributed by atoms with Crippen molar-refractivity contribution in [3.05, 3.63) is 48.5 Å². The van der Waals surface area contributed by atoms with Crippen LogP contribution >= 0.6 is 0 Å². The normalized spacial score (nSPS) is 11.7. The van der Waals surface area contributed by atoms with Crippen molar-refractivity contribution in [2.45, 2.75) is 25.7 Å². The lowest BCUT2D eigenvalue weighted by molar-refractivity contribution is -0.123. The Labute approximate surface area is 148 Å². The first-order valence-corrected chi connectivity index (χ1v) is 9.32. The van der Waals surface area contributed by atoms with Crippen LogP contribution in [0.3, 0.4) is 0 Å². The fraction of sp³-hybridized carbons (Fsp3) is 0.278. The maximum absolute atomic E-state index is 12.5. The lowest BCUT2D eigenvalue weighted by Crippen LogP contribution is -2.27. The summed E-state index contributed by atoms with van der Waals surface area (Å²) in [5.41, 5.74) is 1.07. The molecule has 2 rings (SSSR count). The second kappa shape index (κ2) is 7.14. The molecular weight excluding hydrogens is 338 g/mol. The molecule has 0 saturated heterocycles. The molecule has 0 aliphatic heterocycles. The Morgan fingerprint density at radius 2 is 1.52 bits per heavy atom. The van der Waals surface area contributed by atoms with E-state index in [1.54, 1.807) is 49.5 Å². The molecule has 0 radical (unpaired) electrons. The van der Waals surface area contributed by atoms with E-state index in [4.69, 9.17) is 0 Å². The lowest BCUT2D eigenvalue weighted by atomic mass is 9.95. The van der Waals surface area contributed by atoms with Crippen molar-refractivity contribution in [1.82, 2.24) is 0 Å². The quantitative estimate of drug-likeness (QED) is 0.760. The van der Waals surface area contributed by atoms with Gasteiger partial charge in [-0.2, -0.15) is 0 Å². The number of sulfonamides is 1. The van der Waals surface area contributed by atoms with Gasteiger partial charge in [-0.3, -0.25) is 9.52 Å². The Morgan fingerprint density at radius 1 is 0.920 bits per heavy atom. The molecule has 2 aromatic carbocycles. The van der Waals surface area contributed by atoms with E-state index in [1.807, 2.05) is 20.8 Å². The van der Waals surface area contributed by atoms with Gasteiger partial charge >= 0.3 is 0 Å². The van der Waals surface area contributed by atoms with E-state index in [0.717, 1.165) is 0 Å². The second-order valence-electron chi connectivity index (χ2n) is 6.67. The number of rotatable bonds is 5. The number of carbonyl (C=O) groups is 1. The maximum Gasteiger partial charge on any atom is 0.261 e. The van der Waals surface area contributed by atoms with Crippen LogP contribution in [0.2, 0.25) is 0 Å². The van der Waals surface area contributed by atoms with Gasteiger partial charge in [0, 0.05) is 23.8 Å². The van der Waals surface area contributed by atoms with E-state index in [1.165, 1.54) is 6.07 Å². The van der Waals surface area contributed by atoms with Crippen LogP contribution < -0.4 is 15.4 Å². The highest BCUT2D eigenvalue weighted by molar-refractivity contribution is 7.92. The largest absolute Gasteiger partial charge is 0.388 e. The molecule has 25 heavy (non-hydrogen) atoms. The second-order valence-corrected chi connectivity index (χ2v) is 8.35. The van der Waals surface area contributed by atoms with E-state index in [0.29, 0.717) is 17.1 Å². The molecule has 0 spiro atoms. The minimum atomic E-state index is -3.72. The van der Waals surface area contributed by atoms with E-state index < -0.39 is 15.4 Å². The van der Waals surface area contributed by atoms with Crippen LogP contribution in [0.5, 0.6) is 0 Å². The lowest BCUT2D eigenvalue weighted by Gasteiger charge is -2.18. The molecule has 0 heterocycles. The number of amides is 1. The first-order chi connectivity index (χ1) is 11.6. The zero-order valence-corrected chi connectivity index (χ0v) is 15.6. The van der Waals surface area contributed by atoms with Crippen LogP contribution in [0.1, 0.15) is 20.8 Å². The number of hydrogen-bond acceptors (Lipinski definition) is 4. The third kappa shape index (κ3) is 4.96. The van der Waals surface area contributed by atoms with Gasteiger partial charge in [0.15, 0.2) is 0 Å². The molecule has 134 valence electrons. The molecule has 0 bridgehead atoms. The monoisotopic (exact) mass is 361 g/mol. The van der Waals surface area contributed by atoms with Crippen molar-refractivity contribution in [1.29, 1.82) is 0 Å². The molecule has 0 aromatic heterocycles. The smallest absolute Gasteiger partial charge is 0.261 e. The van der Waals surface area contributed by atoms with Gasteiger partial charge in [-0.1, -0.05) is 32.9 Å². The van der Waals surface area contributed by atoms with Crippen LogP contribution in [0, 0.1) is 5.41 Å². The summed E-state index contributed by atoms with van der Waals surface area (Å²) in [7, 11) is -2.00. The molecule has 0 atom stereocenters. The van der Waals surface area contributed by atoms with E-state index >= 15 is 0 Å². The SMILES string of the molecule is CNc1cccc(S(=O)(=O)Nc2cccc(NC(=O)C(C)(C)C)c2)c1. The summed E-state index contributed by atoms with van der Waals surface area (Å²) in [5.74, 6) is -0.144. The fourth-order valence-electron chi connectivity index (χ4n) is 2.01. The van der Waals surface area contributed by atoms with Gasteiger partial charge in [-0.25, -0.2) is 8.42 Å². The molecule has 0 saturated carbocycles. The minimum Gasteiger partial charge on any atom is -0.388 e. The number of nitrogens with one attached hydrogen (secondary N) is 3. The zero-order chi connectivity index (χ0) is 18.7. The number of anilines is 3. The van der Waals surface area contributed by atoms with Crippen molar-refractivity contribution in [3.8, 4) is 0 Å². The predicted molar refractivity (Wildman–Crippen MR) is 101 cm³/mol. The molecule has 2 aromatic rings. The van der Waals surface area contributed by atoms with E-state index in [-0.39, 0.29) is 10.8 Å². The highest BCUT2D eigenvalue weighted by Gasteiger charge is 2.21. The van der Waals surface area contributed by atoms with Crippen molar-refractivity contribution in [3.63, 3.8) is 0 Å². The van der Waals surface area contributed by atoms with Gasteiger partial charge in [-0.05, 0) is 36.4 Å². The molecule has 0 fully saturated rings. The summed E-state index contributed by atoms with van der Waals surface area (Å²) in [6.45, 7) is 5.43. The molecule has 7 heteroatoms. The van der Waals surface area contributed by atoms with Crippen molar-refractivity contribution in [2.75, 3.05) is 22.4 Å². The minimum absolute atomic E-state index is 0.144. The van der Waals surface area contributed by atoms with Crippen LogP contribution in [0.4, 0.5) is 17.1 Å². The van der Waals surface area contributed by atoms with E-state index in [9.17, 15) is 13.2 Å². The Kier molecular flexibility index (Phi) is 5.37. The summed E-state index contributed by atoms with van der Waals surface area (Å²) in [4.78, 5) is 12.2. The average molecular weight is 361 g/mol. The Morgan fingerprint density at radius 3 is 2.16 bits per heavy atom. The third-order valence-electron chi connectivity index (χ3n) is 3.49. The van der Waals surface area contributed by atoms with Crippen LogP contribution in [0.25, 0.3) is 0 Å². The highest BCUT2D eigenvalue weighted by Crippen LogP contribution is 2.23. The number of hydrogen-bond donors (Lipinski definition) is 3. The number of carbonyl (C=O) groups excluding carboxylic acids is 1. The molecule has 1 amide bonds. The van der Waals surface area contributed by atoms with Gasteiger partial charge in [0.25, 0.3) is 10.0 Å². The summed E-state index contributed by atoms with van der Waals surface area (Å²) in [6, 6.07) is 13.1. The van der Waals surface area contributed by atoms with Gasteiger partial charge < -0.3 is 10.6 Å². The molecule has 3 N–H and O–H groups in total. The van der Waals surface area contributed by atoms with Crippen molar-refractivity contribution in [2.24, 2.45) is 5.41 Å². The average Bonchev–Trinajstić information content (AvgIpc) is 2.54. The first-order valence-electron chi connectivity index (χ1n) is 7.84. The van der Waals surface area contributed by atoms with Crippen molar-refractivity contribution < 1.29 is 13.2 Å². The summed E-state index contributed by atoms with van der Waals surface area (Å²) >= 11 is 0. The number of benzene rings is 2. The maximum atomic E-state index is 12.5. The Hall–Kier alpha value is -2.54. The molecule has 0 aliphatic rings. The van der Waals surface area contributed by atoms with Gasteiger partial charge in [0.1, 0.15) is 0 Å². The van der Waals surface area contributed by atoms with Crippen molar-refractivity contribution >= 4 is 33.0 Å². The van der Waals surface area contributed by atoms with E-state index in [2.05, 4.69) is 15.4 Å². The first kappa shape index (κ1) is 18.8. The van der Waals surface area contributed by atoms with Crippen LogP contribution in [-0.2, 0) is 14.8 Å². The topological polar surface area (TPSA) is 87.3 Å². The van der Waals surface area contributed by atoms with Gasteiger partial charge in [-0.15, -0.1) is 0 Å². The summed E-state index contributed by atoms with van der Waals surface area (Å²) in [6.07, 6.45) is 0. The fourth-order valence-corrected chi connectivity index (χ4v) is 3.11. The molecular formula is C18H23N3O3S. The standard InChI is InChI=1S/C18H23N3O3S/c1-18(2,3)17(22)20-14-8-5-9-15(11-14)21-25(23,24)16-10-6-7-13(12-16)19-4/h5-12,19,21H,1-4H3,(H,20,22). The third-order valence-corrected chi connectivity index (χ3v) is 4.87. The highest BCUT2D eigenvalue weighted by atomic mass is 32.2. The van der Waals surface area contributed by atoms with Gasteiger partial charge in [0.05, 0.1) is 10.6 Å².